The summed E-state index contributed by atoms with van der Waals surface area (Å²) in [5.41, 5.74) is 1.75. The number of anilines is 1. The average molecular weight is 337 g/mol. The normalized spacial score (nSPS) is 10.3. The number of halogens is 1. The molecule has 0 radical (unpaired) electrons. The molecular formula is C14H13BrN2O3. The van der Waals surface area contributed by atoms with Crippen molar-refractivity contribution in [2.45, 2.75) is 13.3 Å². The Bertz CT molecular complexity index is 647. The molecule has 0 bridgehead atoms. The van der Waals surface area contributed by atoms with Gasteiger partial charge in [-0.15, -0.1) is 0 Å². The second-order valence-corrected chi connectivity index (χ2v) is 5.27. The van der Waals surface area contributed by atoms with E-state index in [-0.39, 0.29) is 23.6 Å². The van der Waals surface area contributed by atoms with Crippen molar-refractivity contribution in [3.05, 3.63) is 51.8 Å². The first kappa shape index (κ1) is 14.3. The molecule has 0 spiro atoms. The summed E-state index contributed by atoms with van der Waals surface area (Å²) in [6, 6.07) is 7.38. The molecule has 20 heavy (non-hydrogen) atoms. The first-order chi connectivity index (χ1) is 9.47. The molecule has 6 heteroatoms. The minimum absolute atomic E-state index is 0.0918. The van der Waals surface area contributed by atoms with Crippen LogP contribution in [0.15, 0.2) is 34.9 Å². The summed E-state index contributed by atoms with van der Waals surface area (Å²) >= 11 is 3.32. The predicted molar refractivity (Wildman–Crippen MR) is 79.0 cm³/mol. The predicted octanol–water partition coefficient (Wildman–Crippen LogP) is 2.97. The van der Waals surface area contributed by atoms with Crippen molar-refractivity contribution in [2.24, 2.45) is 0 Å². The van der Waals surface area contributed by atoms with Gasteiger partial charge in [0.1, 0.15) is 5.56 Å². The lowest BCUT2D eigenvalue weighted by molar-refractivity contribution is -0.115. The maximum atomic E-state index is 11.9. The molecule has 0 aliphatic heterocycles. The van der Waals surface area contributed by atoms with E-state index in [1.165, 1.54) is 6.20 Å². The van der Waals surface area contributed by atoms with Crippen LogP contribution in [0.3, 0.4) is 0 Å². The number of carboxylic acids is 1. The molecule has 0 unspecified atom stereocenters. The molecule has 0 aliphatic carbocycles. The third-order valence-corrected chi connectivity index (χ3v) is 3.37. The highest BCUT2D eigenvalue weighted by atomic mass is 79.9. The molecule has 3 N–H and O–H groups in total. The lowest BCUT2D eigenvalue weighted by atomic mass is 10.1. The van der Waals surface area contributed by atoms with Gasteiger partial charge < -0.3 is 15.4 Å². The molecule has 0 saturated heterocycles. The second kappa shape index (κ2) is 5.92. The van der Waals surface area contributed by atoms with Crippen molar-refractivity contribution in [1.82, 2.24) is 4.98 Å². The molecule has 104 valence electrons. The summed E-state index contributed by atoms with van der Waals surface area (Å²) in [5.74, 6) is -1.32. The number of amides is 1. The van der Waals surface area contributed by atoms with Crippen LogP contribution in [0.4, 0.5) is 5.69 Å². The van der Waals surface area contributed by atoms with Crippen molar-refractivity contribution in [1.29, 1.82) is 0 Å². The van der Waals surface area contributed by atoms with Gasteiger partial charge in [0.15, 0.2) is 0 Å². The topological polar surface area (TPSA) is 82.2 Å². The quantitative estimate of drug-likeness (QED) is 0.802. The second-order valence-electron chi connectivity index (χ2n) is 4.36. The zero-order chi connectivity index (χ0) is 14.7. The number of aryl methyl sites for hydroxylation is 1. The lowest BCUT2D eigenvalue weighted by Crippen LogP contribution is -2.16. The van der Waals surface area contributed by atoms with Crippen LogP contribution in [-0.2, 0) is 11.2 Å². The standard InChI is InChI=1S/C14H13BrN2O3/c1-8-13(14(19)20)11(7-16-8)17-12(18)6-9-2-4-10(15)5-3-9/h2-5,7,16H,6H2,1H3,(H,17,18)(H,19,20). The molecule has 0 saturated carbocycles. The van der Waals surface area contributed by atoms with Gasteiger partial charge in [0.2, 0.25) is 5.91 Å². The fraction of sp³-hybridized carbons (Fsp3) is 0.143. The minimum Gasteiger partial charge on any atom is -0.478 e. The number of hydrogen-bond acceptors (Lipinski definition) is 2. The fourth-order valence-electron chi connectivity index (χ4n) is 1.88. The largest absolute Gasteiger partial charge is 0.478 e. The number of H-pyrrole nitrogens is 1. The van der Waals surface area contributed by atoms with Crippen LogP contribution >= 0.6 is 15.9 Å². The van der Waals surface area contributed by atoms with Crippen LogP contribution in [0.5, 0.6) is 0 Å². The SMILES string of the molecule is Cc1[nH]cc(NC(=O)Cc2ccc(Br)cc2)c1C(=O)O. The smallest absolute Gasteiger partial charge is 0.339 e. The van der Waals surface area contributed by atoms with E-state index in [2.05, 4.69) is 26.2 Å². The van der Waals surface area contributed by atoms with E-state index >= 15 is 0 Å². The molecule has 0 atom stereocenters. The molecule has 1 aromatic heterocycles. The van der Waals surface area contributed by atoms with Crippen LogP contribution in [0, 0.1) is 6.92 Å². The van der Waals surface area contributed by atoms with Crippen LogP contribution in [-0.4, -0.2) is 22.0 Å². The Morgan fingerprint density at radius 3 is 2.55 bits per heavy atom. The Balaban J connectivity index is 2.09. The molecule has 2 rings (SSSR count). The van der Waals surface area contributed by atoms with Crippen LogP contribution in [0.1, 0.15) is 21.6 Å². The Morgan fingerprint density at radius 1 is 1.30 bits per heavy atom. The van der Waals surface area contributed by atoms with Crippen molar-refractivity contribution < 1.29 is 14.7 Å². The van der Waals surface area contributed by atoms with E-state index in [1.54, 1.807) is 6.92 Å². The number of aromatic nitrogens is 1. The highest BCUT2D eigenvalue weighted by Crippen LogP contribution is 2.19. The zero-order valence-electron chi connectivity index (χ0n) is 10.7. The van der Waals surface area contributed by atoms with Gasteiger partial charge in [0.05, 0.1) is 12.1 Å². The van der Waals surface area contributed by atoms with E-state index in [4.69, 9.17) is 5.11 Å². The highest BCUT2D eigenvalue weighted by Gasteiger charge is 2.17. The summed E-state index contributed by atoms with van der Waals surface area (Å²) in [5, 5.41) is 11.7. The maximum Gasteiger partial charge on any atom is 0.339 e. The Kier molecular flexibility index (Phi) is 4.24. The monoisotopic (exact) mass is 336 g/mol. The number of hydrogen-bond donors (Lipinski definition) is 3. The van der Waals surface area contributed by atoms with Gasteiger partial charge in [0.25, 0.3) is 0 Å². The number of carbonyl (C=O) groups is 2. The minimum atomic E-state index is -1.07. The van der Waals surface area contributed by atoms with E-state index in [1.807, 2.05) is 24.3 Å². The first-order valence-corrected chi connectivity index (χ1v) is 6.72. The van der Waals surface area contributed by atoms with Gasteiger partial charge in [-0.3, -0.25) is 4.79 Å². The maximum absolute atomic E-state index is 11.9. The van der Waals surface area contributed by atoms with Gasteiger partial charge >= 0.3 is 5.97 Å². The third-order valence-electron chi connectivity index (χ3n) is 2.84. The van der Waals surface area contributed by atoms with Crippen LogP contribution in [0.25, 0.3) is 0 Å². The molecule has 1 heterocycles. The molecule has 0 aliphatic rings. The Morgan fingerprint density at radius 2 is 1.95 bits per heavy atom. The molecule has 5 nitrogen and oxygen atoms in total. The Hall–Kier alpha value is -2.08. The van der Waals surface area contributed by atoms with Crippen molar-refractivity contribution in [3.63, 3.8) is 0 Å². The molecule has 1 aromatic carbocycles. The number of nitrogens with one attached hydrogen (secondary N) is 2. The molecule has 2 aromatic rings. The summed E-state index contributed by atoms with van der Waals surface area (Å²) in [6.07, 6.45) is 1.68. The Labute approximate surface area is 124 Å². The van der Waals surface area contributed by atoms with Crippen molar-refractivity contribution in [3.8, 4) is 0 Å². The average Bonchev–Trinajstić information content (AvgIpc) is 2.73. The van der Waals surface area contributed by atoms with Gasteiger partial charge in [-0.1, -0.05) is 28.1 Å². The first-order valence-electron chi connectivity index (χ1n) is 5.93. The summed E-state index contributed by atoms with van der Waals surface area (Å²) in [4.78, 5) is 25.8. The van der Waals surface area contributed by atoms with E-state index < -0.39 is 5.97 Å². The molecule has 1 amide bonds. The van der Waals surface area contributed by atoms with E-state index in [0.29, 0.717) is 5.69 Å². The highest BCUT2D eigenvalue weighted by molar-refractivity contribution is 9.10. The molecule has 0 fully saturated rings. The van der Waals surface area contributed by atoms with Gasteiger partial charge in [-0.25, -0.2) is 4.79 Å². The van der Waals surface area contributed by atoms with Crippen LogP contribution < -0.4 is 5.32 Å². The number of carboxylic acid groups (broad SMARTS) is 1. The number of benzene rings is 1. The molecular weight excluding hydrogens is 324 g/mol. The fourth-order valence-corrected chi connectivity index (χ4v) is 2.15. The van der Waals surface area contributed by atoms with Gasteiger partial charge in [-0.05, 0) is 24.6 Å². The van der Waals surface area contributed by atoms with E-state index in [0.717, 1.165) is 10.0 Å². The van der Waals surface area contributed by atoms with E-state index in [9.17, 15) is 9.59 Å². The van der Waals surface area contributed by atoms with Gasteiger partial charge in [-0.2, -0.15) is 0 Å². The number of aromatic carboxylic acids is 1. The number of rotatable bonds is 4. The third kappa shape index (κ3) is 3.27. The van der Waals surface area contributed by atoms with Crippen molar-refractivity contribution >= 4 is 33.5 Å². The zero-order valence-corrected chi connectivity index (χ0v) is 12.3. The number of aromatic amines is 1. The van der Waals surface area contributed by atoms with Crippen molar-refractivity contribution in [2.75, 3.05) is 5.32 Å². The van der Waals surface area contributed by atoms with Crippen LogP contribution in [0.2, 0.25) is 0 Å². The van der Waals surface area contributed by atoms with Gasteiger partial charge in [0, 0.05) is 16.4 Å². The lowest BCUT2D eigenvalue weighted by Gasteiger charge is -2.05. The summed E-state index contributed by atoms with van der Waals surface area (Å²) in [7, 11) is 0. The number of carbonyl (C=O) groups excluding carboxylic acids is 1. The summed E-state index contributed by atoms with van der Waals surface area (Å²) < 4.78 is 0.941. The summed E-state index contributed by atoms with van der Waals surface area (Å²) in [6.45, 7) is 1.65.